The number of carbonyl (C=O) groups is 1. The van der Waals surface area contributed by atoms with Crippen molar-refractivity contribution in [3.8, 4) is 0 Å². The Morgan fingerprint density at radius 2 is 1.52 bits per heavy atom. The summed E-state index contributed by atoms with van der Waals surface area (Å²) in [5.74, 6) is -0.553. The molecule has 1 amide bonds. The van der Waals surface area contributed by atoms with Crippen molar-refractivity contribution >= 4 is 11.8 Å². The summed E-state index contributed by atoms with van der Waals surface area (Å²) < 4.78 is 32.2. The summed E-state index contributed by atoms with van der Waals surface area (Å²) in [7, 11) is 0. The highest BCUT2D eigenvalue weighted by atomic mass is 19.1. The zero-order chi connectivity index (χ0) is 21.0. The predicted molar refractivity (Wildman–Crippen MR) is 110 cm³/mol. The molecule has 0 spiro atoms. The summed E-state index contributed by atoms with van der Waals surface area (Å²) in [6.07, 6.45) is 1.26. The second kappa shape index (κ2) is 8.80. The minimum absolute atomic E-state index is 0.184. The lowest BCUT2D eigenvalue weighted by atomic mass is 10.0. The van der Waals surface area contributed by atoms with E-state index in [2.05, 4.69) is 4.90 Å². The second-order valence-electron chi connectivity index (χ2n) is 8.43. The third-order valence-electron chi connectivity index (χ3n) is 4.98. The van der Waals surface area contributed by atoms with Crippen molar-refractivity contribution in [3.63, 3.8) is 0 Å². The predicted octanol–water partition coefficient (Wildman–Crippen LogP) is 5.37. The molecule has 0 atom stereocenters. The van der Waals surface area contributed by atoms with E-state index in [-0.39, 0.29) is 23.8 Å². The van der Waals surface area contributed by atoms with Crippen molar-refractivity contribution < 1.29 is 18.3 Å². The number of nitrogens with zero attached hydrogens (tertiary/aromatic N) is 2. The molecule has 0 N–H and O–H groups in total. The number of piperidine rings is 1. The Morgan fingerprint density at radius 3 is 2.03 bits per heavy atom. The van der Waals surface area contributed by atoms with Crippen LogP contribution in [-0.2, 0) is 11.3 Å². The molecule has 0 aliphatic carbocycles. The maximum Gasteiger partial charge on any atom is 0.410 e. The molecule has 156 valence electrons. The van der Waals surface area contributed by atoms with Crippen molar-refractivity contribution in [2.24, 2.45) is 0 Å². The first-order valence-corrected chi connectivity index (χ1v) is 9.96. The summed E-state index contributed by atoms with van der Waals surface area (Å²) in [4.78, 5) is 16.3. The van der Waals surface area contributed by atoms with Crippen molar-refractivity contribution in [3.05, 3.63) is 65.7 Å². The SMILES string of the molecule is CC(C)(C)OC(=O)N1CCC(N(Cc2ccc(F)cc2)c2ccc(F)cc2)CC1. The molecular formula is C23H28F2N2O2. The summed E-state index contributed by atoms with van der Waals surface area (Å²) in [5, 5.41) is 0. The Kier molecular flexibility index (Phi) is 6.40. The van der Waals surface area contributed by atoms with Crippen molar-refractivity contribution in [2.45, 2.75) is 51.8 Å². The molecule has 1 aliphatic rings. The largest absolute Gasteiger partial charge is 0.444 e. The van der Waals surface area contributed by atoms with Gasteiger partial charge in [0.15, 0.2) is 0 Å². The van der Waals surface area contributed by atoms with Crippen LogP contribution in [0.5, 0.6) is 0 Å². The van der Waals surface area contributed by atoms with Gasteiger partial charge in [0.05, 0.1) is 0 Å². The van der Waals surface area contributed by atoms with E-state index < -0.39 is 5.60 Å². The van der Waals surface area contributed by atoms with Gasteiger partial charge >= 0.3 is 6.09 Å². The van der Waals surface area contributed by atoms with Gasteiger partial charge in [0.2, 0.25) is 0 Å². The molecule has 1 aliphatic heterocycles. The number of halogens is 2. The van der Waals surface area contributed by atoms with Gasteiger partial charge in [-0.1, -0.05) is 12.1 Å². The Morgan fingerprint density at radius 1 is 1.00 bits per heavy atom. The molecule has 0 radical (unpaired) electrons. The Hall–Kier alpha value is -2.63. The standard InChI is InChI=1S/C23H28F2N2O2/c1-23(2,3)29-22(28)26-14-12-21(13-15-26)27(20-10-8-19(25)9-11-20)16-17-4-6-18(24)7-5-17/h4-11,21H,12-16H2,1-3H3. The molecule has 1 saturated heterocycles. The molecule has 0 saturated carbocycles. The molecule has 1 fully saturated rings. The van der Waals surface area contributed by atoms with Crippen molar-refractivity contribution in [1.82, 2.24) is 4.90 Å². The smallest absolute Gasteiger partial charge is 0.410 e. The highest BCUT2D eigenvalue weighted by Crippen LogP contribution is 2.27. The van der Waals surface area contributed by atoms with E-state index in [0.29, 0.717) is 19.6 Å². The number of hydrogen-bond acceptors (Lipinski definition) is 3. The maximum absolute atomic E-state index is 13.4. The molecular weight excluding hydrogens is 374 g/mol. The van der Waals surface area contributed by atoms with Gasteiger partial charge in [-0.3, -0.25) is 0 Å². The summed E-state index contributed by atoms with van der Waals surface area (Å²) in [6, 6.07) is 13.0. The van der Waals surface area contributed by atoms with E-state index in [1.165, 1.54) is 24.3 Å². The van der Waals surface area contributed by atoms with Gasteiger partial charge in [-0.2, -0.15) is 0 Å². The monoisotopic (exact) mass is 402 g/mol. The van der Waals surface area contributed by atoms with Gasteiger partial charge in [-0.15, -0.1) is 0 Å². The molecule has 2 aromatic rings. The highest BCUT2D eigenvalue weighted by Gasteiger charge is 2.29. The maximum atomic E-state index is 13.4. The topological polar surface area (TPSA) is 32.8 Å². The zero-order valence-corrected chi connectivity index (χ0v) is 17.2. The molecule has 0 aromatic heterocycles. The molecule has 0 unspecified atom stereocenters. The lowest BCUT2D eigenvalue weighted by molar-refractivity contribution is 0.0204. The second-order valence-corrected chi connectivity index (χ2v) is 8.43. The molecule has 29 heavy (non-hydrogen) atoms. The molecule has 1 heterocycles. The van der Waals surface area contributed by atoms with Crippen LogP contribution in [-0.4, -0.2) is 35.7 Å². The van der Waals surface area contributed by atoms with Crippen LogP contribution in [0.4, 0.5) is 19.3 Å². The average Bonchev–Trinajstić information content (AvgIpc) is 2.67. The van der Waals surface area contributed by atoms with Crippen LogP contribution in [0.15, 0.2) is 48.5 Å². The van der Waals surface area contributed by atoms with Gasteiger partial charge in [-0.05, 0) is 75.6 Å². The lowest BCUT2D eigenvalue weighted by Gasteiger charge is -2.40. The first-order chi connectivity index (χ1) is 13.7. The van der Waals surface area contributed by atoms with Gasteiger partial charge < -0.3 is 14.5 Å². The van der Waals surface area contributed by atoms with Gasteiger partial charge in [-0.25, -0.2) is 13.6 Å². The quantitative estimate of drug-likeness (QED) is 0.689. The summed E-state index contributed by atoms with van der Waals surface area (Å²) in [5.41, 5.74) is 1.37. The number of anilines is 1. The number of ether oxygens (including phenoxy) is 1. The fourth-order valence-corrected chi connectivity index (χ4v) is 3.54. The van der Waals surface area contributed by atoms with Gasteiger partial charge in [0, 0.05) is 31.4 Å². The minimum Gasteiger partial charge on any atom is -0.444 e. The van der Waals surface area contributed by atoms with Crippen LogP contribution >= 0.6 is 0 Å². The van der Waals surface area contributed by atoms with Crippen LogP contribution < -0.4 is 4.90 Å². The average molecular weight is 402 g/mol. The molecule has 0 bridgehead atoms. The van der Waals surface area contributed by atoms with Gasteiger partial charge in [0.1, 0.15) is 17.2 Å². The van der Waals surface area contributed by atoms with E-state index in [9.17, 15) is 13.6 Å². The minimum atomic E-state index is -0.517. The van der Waals surface area contributed by atoms with E-state index in [1.807, 2.05) is 20.8 Å². The van der Waals surface area contributed by atoms with Crippen molar-refractivity contribution in [2.75, 3.05) is 18.0 Å². The summed E-state index contributed by atoms with van der Waals surface area (Å²) >= 11 is 0. The van der Waals surface area contributed by atoms with E-state index in [1.54, 1.807) is 29.2 Å². The normalized spacial score (nSPS) is 15.3. The third kappa shape index (κ3) is 5.92. The Balaban J connectivity index is 1.72. The van der Waals surface area contributed by atoms with E-state index >= 15 is 0 Å². The Bertz CT molecular complexity index is 808. The van der Waals surface area contributed by atoms with E-state index in [0.717, 1.165) is 24.1 Å². The number of amides is 1. The number of benzene rings is 2. The van der Waals surface area contributed by atoms with Gasteiger partial charge in [0.25, 0.3) is 0 Å². The fourth-order valence-electron chi connectivity index (χ4n) is 3.54. The molecule has 6 heteroatoms. The molecule has 3 rings (SSSR count). The number of hydrogen-bond donors (Lipinski definition) is 0. The van der Waals surface area contributed by atoms with Crippen LogP contribution in [0.25, 0.3) is 0 Å². The number of likely N-dealkylation sites (tertiary alicyclic amines) is 1. The third-order valence-corrected chi connectivity index (χ3v) is 4.98. The number of rotatable bonds is 4. The first-order valence-electron chi connectivity index (χ1n) is 9.96. The summed E-state index contributed by atoms with van der Waals surface area (Å²) in [6.45, 7) is 7.36. The van der Waals surface area contributed by atoms with Crippen LogP contribution in [0.2, 0.25) is 0 Å². The molecule has 2 aromatic carbocycles. The van der Waals surface area contributed by atoms with Crippen LogP contribution in [0, 0.1) is 11.6 Å². The zero-order valence-electron chi connectivity index (χ0n) is 17.2. The van der Waals surface area contributed by atoms with Crippen molar-refractivity contribution in [1.29, 1.82) is 0 Å². The van der Waals surface area contributed by atoms with Crippen LogP contribution in [0.1, 0.15) is 39.2 Å². The Labute approximate surface area is 171 Å². The van der Waals surface area contributed by atoms with Crippen LogP contribution in [0.3, 0.4) is 0 Å². The fraction of sp³-hybridized carbons (Fsp3) is 0.435. The first kappa shape index (κ1) is 21.1. The molecule has 4 nitrogen and oxygen atoms in total. The van der Waals surface area contributed by atoms with E-state index in [4.69, 9.17) is 4.74 Å². The lowest BCUT2D eigenvalue weighted by Crippen LogP contribution is -2.48. The highest BCUT2D eigenvalue weighted by molar-refractivity contribution is 5.68. The number of carbonyl (C=O) groups excluding carboxylic acids is 1.